The van der Waals surface area contributed by atoms with Crippen molar-refractivity contribution >= 4 is 34.9 Å². The van der Waals surface area contributed by atoms with Gasteiger partial charge in [0.15, 0.2) is 0 Å². The lowest BCUT2D eigenvalue weighted by Gasteiger charge is -2.44. The first-order valence-electron chi connectivity index (χ1n) is 11.1. The molecule has 1 aliphatic heterocycles. The number of quaternary nitrogens is 1. The van der Waals surface area contributed by atoms with Crippen molar-refractivity contribution in [2.45, 2.75) is 32.0 Å². The second-order valence-electron chi connectivity index (χ2n) is 8.72. The standard InChI is InChI=1S/C26H26Cl2FN3O/c27-24-11-6-20(16-25(24)28)18-32(17-19-4-2-1-3-5-19)14-12-23(13-15-32)31-26(33)30-22-9-7-21(29)8-10-22/h1-11,16,23H,12-15,17-18H2,(H-,30,31,33)/p+1. The van der Waals surface area contributed by atoms with Gasteiger partial charge in [-0.15, -0.1) is 0 Å². The molecule has 3 aromatic rings. The number of nitrogens with zero attached hydrogens (tertiary/aromatic N) is 1. The number of amides is 2. The van der Waals surface area contributed by atoms with Crippen molar-refractivity contribution in [2.24, 2.45) is 0 Å². The molecule has 0 aliphatic carbocycles. The number of halogens is 3. The molecule has 4 rings (SSSR count). The predicted octanol–water partition coefficient (Wildman–Crippen LogP) is 6.63. The van der Waals surface area contributed by atoms with Crippen LogP contribution >= 0.6 is 23.2 Å². The minimum absolute atomic E-state index is 0.0845. The molecular formula is C26H27Cl2FN3O+. The van der Waals surface area contributed by atoms with E-state index in [-0.39, 0.29) is 17.9 Å². The maximum atomic E-state index is 13.1. The van der Waals surface area contributed by atoms with E-state index >= 15 is 0 Å². The van der Waals surface area contributed by atoms with Gasteiger partial charge in [0.1, 0.15) is 18.9 Å². The van der Waals surface area contributed by atoms with E-state index in [0.29, 0.717) is 15.7 Å². The van der Waals surface area contributed by atoms with Crippen molar-refractivity contribution in [1.29, 1.82) is 0 Å². The average Bonchev–Trinajstić information content (AvgIpc) is 2.80. The molecule has 2 N–H and O–H groups in total. The number of likely N-dealkylation sites (tertiary alicyclic amines) is 1. The van der Waals surface area contributed by atoms with Crippen LogP contribution in [0.15, 0.2) is 72.8 Å². The molecule has 1 fully saturated rings. The maximum absolute atomic E-state index is 13.1. The van der Waals surface area contributed by atoms with Gasteiger partial charge in [-0.05, 0) is 36.4 Å². The van der Waals surface area contributed by atoms with Crippen LogP contribution in [0.25, 0.3) is 0 Å². The van der Waals surface area contributed by atoms with Crippen molar-refractivity contribution in [3.63, 3.8) is 0 Å². The number of nitrogens with one attached hydrogen (secondary N) is 2. The van der Waals surface area contributed by atoms with Gasteiger partial charge in [-0.2, -0.15) is 0 Å². The number of hydrogen-bond acceptors (Lipinski definition) is 1. The molecule has 0 radical (unpaired) electrons. The molecule has 0 bridgehead atoms. The summed E-state index contributed by atoms with van der Waals surface area (Å²) >= 11 is 12.4. The second kappa shape index (κ2) is 10.6. The topological polar surface area (TPSA) is 41.1 Å². The first-order chi connectivity index (χ1) is 15.9. The summed E-state index contributed by atoms with van der Waals surface area (Å²) in [6.07, 6.45) is 1.73. The van der Waals surface area contributed by atoms with Crippen LogP contribution in [0.5, 0.6) is 0 Å². The van der Waals surface area contributed by atoms with Gasteiger partial charge in [-0.3, -0.25) is 0 Å². The van der Waals surface area contributed by atoms with E-state index in [9.17, 15) is 9.18 Å². The molecule has 33 heavy (non-hydrogen) atoms. The molecule has 0 saturated carbocycles. The van der Waals surface area contributed by atoms with Crippen molar-refractivity contribution in [1.82, 2.24) is 5.32 Å². The van der Waals surface area contributed by atoms with Crippen LogP contribution in [0, 0.1) is 5.82 Å². The number of piperidine rings is 1. The van der Waals surface area contributed by atoms with Crippen LogP contribution in [0.1, 0.15) is 24.0 Å². The first-order valence-corrected chi connectivity index (χ1v) is 11.8. The monoisotopic (exact) mass is 486 g/mol. The molecular weight excluding hydrogens is 460 g/mol. The van der Waals surface area contributed by atoms with E-state index in [1.807, 2.05) is 24.3 Å². The van der Waals surface area contributed by atoms with Gasteiger partial charge in [0, 0.05) is 35.7 Å². The highest BCUT2D eigenvalue weighted by Gasteiger charge is 2.35. The van der Waals surface area contributed by atoms with Gasteiger partial charge in [-0.25, -0.2) is 9.18 Å². The SMILES string of the molecule is O=C(Nc1ccc(F)cc1)NC1CC[N+](Cc2ccccc2)(Cc2ccc(Cl)c(Cl)c2)CC1. The molecule has 2 amide bonds. The minimum Gasteiger partial charge on any atom is -0.335 e. The normalized spacial score (nSPS) is 20.3. The van der Waals surface area contributed by atoms with Gasteiger partial charge >= 0.3 is 6.03 Å². The summed E-state index contributed by atoms with van der Waals surface area (Å²) in [7, 11) is 0. The number of benzene rings is 3. The highest BCUT2D eigenvalue weighted by Crippen LogP contribution is 2.29. The Morgan fingerprint density at radius 1 is 0.879 bits per heavy atom. The third kappa shape index (κ3) is 6.47. The van der Waals surface area contributed by atoms with Crippen molar-refractivity contribution in [3.05, 3.63) is 99.8 Å². The summed E-state index contributed by atoms with van der Waals surface area (Å²) in [4.78, 5) is 12.4. The van der Waals surface area contributed by atoms with Gasteiger partial charge in [0.25, 0.3) is 0 Å². The third-order valence-corrected chi connectivity index (χ3v) is 6.94. The Bertz CT molecular complexity index is 1080. The van der Waals surface area contributed by atoms with E-state index in [0.717, 1.165) is 49.1 Å². The Labute approximate surface area is 203 Å². The molecule has 3 aromatic carbocycles. The number of urea groups is 1. The van der Waals surface area contributed by atoms with E-state index in [2.05, 4.69) is 34.9 Å². The maximum Gasteiger partial charge on any atom is 0.319 e. The highest BCUT2D eigenvalue weighted by molar-refractivity contribution is 6.42. The zero-order valence-corrected chi connectivity index (χ0v) is 19.7. The fourth-order valence-electron chi connectivity index (χ4n) is 4.51. The minimum atomic E-state index is -0.331. The quantitative estimate of drug-likeness (QED) is 0.377. The largest absolute Gasteiger partial charge is 0.335 e. The smallest absolute Gasteiger partial charge is 0.319 e. The summed E-state index contributed by atoms with van der Waals surface area (Å²) in [6.45, 7) is 3.61. The van der Waals surface area contributed by atoms with Gasteiger partial charge in [0.05, 0.1) is 23.1 Å². The van der Waals surface area contributed by atoms with Crippen LogP contribution in [0.2, 0.25) is 10.0 Å². The Morgan fingerprint density at radius 3 is 2.21 bits per heavy atom. The second-order valence-corrected chi connectivity index (χ2v) is 9.53. The number of carbonyl (C=O) groups excluding carboxylic acids is 1. The molecule has 0 aromatic heterocycles. The molecule has 0 spiro atoms. The van der Waals surface area contributed by atoms with Crippen LogP contribution in [0.4, 0.5) is 14.9 Å². The molecule has 7 heteroatoms. The Hall–Kier alpha value is -2.60. The lowest BCUT2D eigenvalue weighted by atomic mass is 9.99. The zero-order chi connectivity index (χ0) is 23.3. The fourth-order valence-corrected chi connectivity index (χ4v) is 4.83. The van der Waals surface area contributed by atoms with Gasteiger partial charge < -0.3 is 15.1 Å². The molecule has 1 saturated heterocycles. The van der Waals surface area contributed by atoms with Crippen molar-refractivity contribution in [2.75, 3.05) is 18.4 Å². The molecule has 1 aliphatic rings. The number of carbonyl (C=O) groups is 1. The number of rotatable bonds is 6. The summed E-state index contributed by atoms with van der Waals surface area (Å²) in [5.74, 6) is -0.331. The van der Waals surface area contributed by atoms with Crippen LogP contribution in [-0.4, -0.2) is 29.6 Å². The third-order valence-electron chi connectivity index (χ3n) is 6.20. The van der Waals surface area contributed by atoms with E-state index in [4.69, 9.17) is 23.2 Å². The van der Waals surface area contributed by atoms with Crippen molar-refractivity contribution < 1.29 is 13.7 Å². The fraction of sp³-hybridized carbons (Fsp3) is 0.269. The van der Waals surface area contributed by atoms with E-state index in [1.54, 1.807) is 12.1 Å². The Kier molecular flexibility index (Phi) is 7.53. The average molecular weight is 487 g/mol. The molecule has 1 heterocycles. The Balaban J connectivity index is 1.42. The zero-order valence-electron chi connectivity index (χ0n) is 18.2. The van der Waals surface area contributed by atoms with Gasteiger partial charge in [0.2, 0.25) is 0 Å². The summed E-state index contributed by atoms with van der Waals surface area (Å²) in [5.41, 5.74) is 3.01. The number of hydrogen-bond donors (Lipinski definition) is 2. The van der Waals surface area contributed by atoms with Crippen LogP contribution in [-0.2, 0) is 13.1 Å². The molecule has 0 unspecified atom stereocenters. The molecule has 0 atom stereocenters. The molecule has 172 valence electrons. The van der Waals surface area contributed by atoms with Gasteiger partial charge in [-0.1, -0.05) is 59.6 Å². The first kappa shape index (κ1) is 23.6. The van der Waals surface area contributed by atoms with E-state index < -0.39 is 0 Å². The summed E-state index contributed by atoms with van der Waals surface area (Å²) in [6, 6.07) is 21.9. The molecule has 4 nitrogen and oxygen atoms in total. The lowest BCUT2D eigenvalue weighted by molar-refractivity contribution is -0.958. The predicted molar refractivity (Wildman–Crippen MR) is 132 cm³/mol. The summed E-state index contributed by atoms with van der Waals surface area (Å²) in [5, 5.41) is 6.98. The lowest BCUT2D eigenvalue weighted by Crippen LogP contribution is -2.55. The van der Waals surface area contributed by atoms with Crippen LogP contribution in [0.3, 0.4) is 0 Å². The van der Waals surface area contributed by atoms with E-state index in [1.165, 1.54) is 17.7 Å². The highest BCUT2D eigenvalue weighted by atomic mass is 35.5. The van der Waals surface area contributed by atoms with Crippen LogP contribution < -0.4 is 10.6 Å². The van der Waals surface area contributed by atoms with Crippen molar-refractivity contribution in [3.8, 4) is 0 Å². The Morgan fingerprint density at radius 2 is 1.55 bits per heavy atom. The number of anilines is 1. The summed E-state index contributed by atoms with van der Waals surface area (Å²) < 4.78 is 14.0.